The van der Waals surface area contributed by atoms with Gasteiger partial charge in [-0.2, -0.15) is 0 Å². The lowest BCUT2D eigenvalue weighted by Crippen LogP contribution is -2.39. The lowest BCUT2D eigenvalue weighted by atomic mass is 9.87. The van der Waals surface area contributed by atoms with E-state index >= 15 is 0 Å². The molecule has 0 aromatic carbocycles. The minimum atomic E-state index is 0.109. The maximum Gasteiger partial charge on any atom is 0.249 e. The van der Waals surface area contributed by atoms with Crippen LogP contribution in [0.15, 0.2) is 5.16 Å². The summed E-state index contributed by atoms with van der Waals surface area (Å²) in [5.74, 6) is 2.19. The number of rotatable bonds is 3. The fourth-order valence-electron chi connectivity index (χ4n) is 5.09. The number of carbonyl (C=O) groups is 1. The number of thiophene rings is 1. The number of hydrazine groups is 1. The van der Waals surface area contributed by atoms with Gasteiger partial charge in [-0.05, 0) is 50.0 Å². The number of aromatic nitrogens is 3. The molecule has 1 amide bonds. The second kappa shape index (κ2) is 7.51. The number of nitrogens with one attached hydrogen (secondary N) is 2. The number of hydrogen-bond acceptors (Lipinski definition) is 8. The summed E-state index contributed by atoms with van der Waals surface area (Å²) in [6.45, 7) is 4.85. The zero-order chi connectivity index (χ0) is 20.2. The van der Waals surface area contributed by atoms with E-state index in [0.29, 0.717) is 12.4 Å². The van der Waals surface area contributed by atoms with E-state index in [-0.39, 0.29) is 12.1 Å². The Bertz CT molecular complexity index is 980. The predicted molar refractivity (Wildman–Crippen MR) is 118 cm³/mol. The summed E-state index contributed by atoms with van der Waals surface area (Å²) in [6, 6.07) is 0. The molecule has 6 rings (SSSR count). The molecule has 2 saturated heterocycles. The molecule has 2 aromatic heterocycles. The van der Waals surface area contributed by atoms with Crippen molar-refractivity contribution in [2.45, 2.75) is 56.8 Å². The molecule has 0 bridgehead atoms. The van der Waals surface area contributed by atoms with Crippen LogP contribution in [0.3, 0.4) is 0 Å². The molecule has 1 aliphatic carbocycles. The number of anilines is 1. The van der Waals surface area contributed by atoms with Crippen LogP contribution in [-0.4, -0.2) is 51.1 Å². The molecule has 8 nitrogen and oxygen atoms in total. The van der Waals surface area contributed by atoms with Crippen molar-refractivity contribution in [3.8, 4) is 5.00 Å². The summed E-state index contributed by atoms with van der Waals surface area (Å²) in [5, 5.41) is 16.7. The molecule has 0 radical (unpaired) electrons. The van der Waals surface area contributed by atoms with Crippen molar-refractivity contribution in [1.29, 1.82) is 0 Å². The molecule has 2 fully saturated rings. The molecular weight excluding hydrogens is 418 g/mol. The Morgan fingerprint density at radius 3 is 3.00 bits per heavy atom. The van der Waals surface area contributed by atoms with Crippen molar-refractivity contribution in [3.63, 3.8) is 0 Å². The van der Waals surface area contributed by atoms with Gasteiger partial charge in [0, 0.05) is 23.5 Å². The van der Waals surface area contributed by atoms with E-state index < -0.39 is 0 Å². The summed E-state index contributed by atoms with van der Waals surface area (Å²) >= 11 is 3.41. The topological polar surface area (TPSA) is 78.3 Å². The Morgan fingerprint density at radius 1 is 1.27 bits per heavy atom. The maximum absolute atomic E-state index is 12.7. The average Bonchev–Trinajstić information content (AvgIpc) is 3.47. The molecule has 2 atom stereocenters. The standard InChI is InChI=1S/C20H27N7OS2/c1-12-5-6-13-14(9-12)30-18-16(13)17-21-11-22-27(17)19-23-24-20(26(18)19)29-10-15(28)25-7-3-2-4-8-25/h12,17,21-22H,2-11H2,1H3/t12-,17?/m0/s1. The minimum absolute atomic E-state index is 0.109. The smallest absolute Gasteiger partial charge is 0.249 e. The Kier molecular flexibility index (Phi) is 4.78. The second-order valence-electron chi connectivity index (χ2n) is 8.73. The first-order valence-electron chi connectivity index (χ1n) is 11.0. The summed E-state index contributed by atoms with van der Waals surface area (Å²) < 4.78 is 2.17. The highest BCUT2D eigenvalue weighted by Crippen LogP contribution is 2.48. The van der Waals surface area contributed by atoms with Gasteiger partial charge in [0.2, 0.25) is 11.9 Å². The van der Waals surface area contributed by atoms with E-state index in [4.69, 9.17) is 0 Å². The molecule has 0 saturated carbocycles. The first-order valence-corrected chi connectivity index (χ1v) is 12.8. The molecule has 5 heterocycles. The van der Waals surface area contributed by atoms with Crippen molar-refractivity contribution >= 4 is 35.0 Å². The SMILES string of the molecule is C[C@H]1CCc2c(sc3c2C2NCNN2c2nnc(SCC(=O)N4CCCCC4)n2-3)C1. The number of carbonyl (C=O) groups excluding carboxylic acids is 1. The molecule has 3 aliphatic heterocycles. The van der Waals surface area contributed by atoms with E-state index in [1.165, 1.54) is 45.6 Å². The van der Waals surface area contributed by atoms with Crippen molar-refractivity contribution < 1.29 is 4.79 Å². The van der Waals surface area contributed by atoms with E-state index in [2.05, 4.69) is 37.4 Å². The van der Waals surface area contributed by atoms with Crippen molar-refractivity contribution in [2.75, 3.05) is 30.5 Å². The van der Waals surface area contributed by atoms with Gasteiger partial charge in [0.25, 0.3) is 0 Å². The van der Waals surface area contributed by atoms with Gasteiger partial charge in [0.15, 0.2) is 5.16 Å². The first kappa shape index (κ1) is 19.1. The normalized spacial score (nSPS) is 25.0. The van der Waals surface area contributed by atoms with Crippen LogP contribution in [0.25, 0.3) is 5.00 Å². The number of likely N-dealkylation sites (tertiary alicyclic amines) is 1. The van der Waals surface area contributed by atoms with Crippen LogP contribution in [0.5, 0.6) is 0 Å². The van der Waals surface area contributed by atoms with Gasteiger partial charge in [-0.3, -0.25) is 15.1 Å². The number of nitrogens with zero attached hydrogens (tertiary/aromatic N) is 5. The summed E-state index contributed by atoms with van der Waals surface area (Å²) in [5.41, 5.74) is 6.30. The van der Waals surface area contributed by atoms with E-state index in [9.17, 15) is 4.79 Å². The molecule has 1 unspecified atom stereocenters. The van der Waals surface area contributed by atoms with Crippen molar-refractivity contribution in [3.05, 3.63) is 16.0 Å². The quantitative estimate of drug-likeness (QED) is 0.703. The van der Waals surface area contributed by atoms with Crippen molar-refractivity contribution in [1.82, 2.24) is 30.4 Å². The number of amides is 1. The Morgan fingerprint density at radius 2 is 2.13 bits per heavy atom. The molecule has 2 N–H and O–H groups in total. The monoisotopic (exact) mass is 445 g/mol. The number of piperidine rings is 1. The lowest BCUT2D eigenvalue weighted by Gasteiger charge is -2.31. The third-order valence-corrected chi connectivity index (χ3v) is 8.85. The fraction of sp³-hybridized carbons (Fsp3) is 0.650. The molecule has 160 valence electrons. The fourth-order valence-corrected chi connectivity index (χ4v) is 7.52. The number of hydrogen-bond donors (Lipinski definition) is 2. The van der Waals surface area contributed by atoms with Gasteiger partial charge in [0.05, 0.1) is 12.4 Å². The zero-order valence-electron chi connectivity index (χ0n) is 17.2. The van der Waals surface area contributed by atoms with E-state index in [1.807, 2.05) is 16.2 Å². The van der Waals surface area contributed by atoms with Crippen LogP contribution in [0.2, 0.25) is 0 Å². The Hall–Kier alpha value is -1.62. The second-order valence-corrected chi connectivity index (χ2v) is 10.8. The largest absolute Gasteiger partial charge is 0.342 e. The van der Waals surface area contributed by atoms with E-state index in [0.717, 1.165) is 55.8 Å². The predicted octanol–water partition coefficient (Wildman–Crippen LogP) is 2.44. The molecule has 2 aromatic rings. The highest BCUT2D eigenvalue weighted by atomic mass is 32.2. The third kappa shape index (κ3) is 2.99. The van der Waals surface area contributed by atoms with E-state index in [1.54, 1.807) is 0 Å². The zero-order valence-corrected chi connectivity index (χ0v) is 18.8. The van der Waals surface area contributed by atoms with Gasteiger partial charge in [0.1, 0.15) is 11.2 Å². The molecule has 0 spiro atoms. The number of fused-ring (bicyclic) bond motifs is 8. The Balaban J connectivity index is 1.34. The Labute approximate surface area is 184 Å². The highest BCUT2D eigenvalue weighted by molar-refractivity contribution is 7.99. The first-order chi connectivity index (χ1) is 14.7. The summed E-state index contributed by atoms with van der Waals surface area (Å²) in [4.78, 5) is 16.2. The molecule has 4 aliphatic rings. The van der Waals surface area contributed by atoms with Crippen LogP contribution in [0.4, 0.5) is 5.95 Å². The van der Waals surface area contributed by atoms with Gasteiger partial charge in [-0.1, -0.05) is 18.7 Å². The van der Waals surface area contributed by atoms with Crippen molar-refractivity contribution in [2.24, 2.45) is 5.92 Å². The minimum Gasteiger partial charge on any atom is -0.342 e. The third-order valence-electron chi connectivity index (χ3n) is 6.68. The van der Waals surface area contributed by atoms with Gasteiger partial charge >= 0.3 is 0 Å². The summed E-state index contributed by atoms with van der Waals surface area (Å²) in [6.07, 6.45) is 7.12. The van der Waals surface area contributed by atoms with Crippen LogP contribution in [-0.2, 0) is 17.6 Å². The molecule has 30 heavy (non-hydrogen) atoms. The lowest BCUT2D eigenvalue weighted by molar-refractivity contribution is -0.129. The van der Waals surface area contributed by atoms with Crippen LogP contribution < -0.4 is 15.8 Å². The molecule has 10 heteroatoms. The highest BCUT2D eigenvalue weighted by Gasteiger charge is 2.42. The molecular formula is C20H27N7OS2. The average molecular weight is 446 g/mol. The maximum atomic E-state index is 12.7. The van der Waals surface area contributed by atoms with Crippen LogP contribution >= 0.6 is 23.1 Å². The summed E-state index contributed by atoms with van der Waals surface area (Å²) in [7, 11) is 0. The van der Waals surface area contributed by atoms with Gasteiger partial charge in [-0.25, -0.2) is 9.99 Å². The van der Waals surface area contributed by atoms with Crippen LogP contribution in [0, 0.1) is 5.92 Å². The van der Waals surface area contributed by atoms with Gasteiger partial charge in [-0.15, -0.1) is 21.5 Å². The number of thioether (sulfide) groups is 1. The van der Waals surface area contributed by atoms with Gasteiger partial charge < -0.3 is 4.90 Å². The van der Waals surface area contributed by atoms with Crippen LogP contribution in [0.1, 0.15) is 54.8 Å².